The third-order valence-corrected chi connectivity index (χ3v) is 5.08. The van der Waals surface area contributed by atoms with Gasteiger partial charge in [-0.25, -0.2) is 0 Å². The minimum absolute atomic E-state index is 0. The van der Waals surface area contributed by atoms with E-state index in [0.717, 1.165) is 6.54 Å². The van der Waals surface area contributed by atoms with Gasteiger partial charge in [-0.3, -0.25) is 0 Å². The van der Waals surface area contributed by atoms with Crippen LogP contribution in [0.25, 0.3) is 0 Å². The van der Waals surface area contributed by atoms with Crippen molar-refractivity contribution in [3.63, 3.8) is 0 Å². The average Bonchev–Trinajstić information content (AvgIpc) is 2.64. The van der Waals surface area contributed by atoms with Crippen molar-refractivity contribution in [2.24, 2.45) is 5.10 Å². The number of allylic oxidation sites excluding steroid dienone is 2. The Morgan fingerprint density at radius 2 is 1.26 bits per heavy atom. The van der Waals surface area contributed by atoms with Crippen molar-refractivity contribution in [2.45, 2.75) is 103 Å². The van der Waals surface area contributed by atoms with E-state index in [1.807, 2.05) is 0 Å². The van der Waals surface area contributed by atoms with Gasteiger partial charge in [0.15, 0.2) is 0 Å². The van der Waals surface area contributed by atoms with E-state index in [-0.39, 0.29) is 31.0 Å². The molecule has 2 rings (SSSR count). The summed E-state index contributed by atoms with van der Waals surface area (Å²) < 4.78 is 0. The zero-order valence-corrected chi connectivity index (χ0v) is 17.5. The Morgan fingerprint density at radius 3 is 2.00 bits per heavy atom. The predicted octanol–water partition coefficient (Wildman–Crippen LogP) is 3.24. The largest absolute Gasteiger partial charge is 1.00 e. The van der Waals surface area contributed by atoms with Crippen LogP contribution in [0.1, 0.15) is 104 Å². The summed E-state index contributed by atoms with van der Waals surface area (Å²) in [4.78, 5) is 0. The summed E-state index contributed by atoms with van der Waals surface area (Å²) in [5, 5.41) is 4.80. The molecule has 0 atom stereocenters. The summed E-state index contributed by atoms with van der Waals surface area (Å²) in [7, 11) is 0. The Bertz CT molecular complexity index is 322. The summed E-state index contributed by atoms with van der Waals surface area (Å²) in [6, 6.07) is 0. The fraction of sp³-hybridized carbons (Fsp3) is 0.850. The minimum Gasteiger partial charge on any atom is -1.00 e. The van der Waals surface area contributed by atoms with Crippen molar-refractivity contribution < 1.29 is 31.0 Å². The fourth-order valence-electron chi connectivity index (χ4n) is 3.63. The molecule has 0 radical (unpaired) electrons. The van der Waals surface area contributed by atoms with Gasteiger partial charge >= 0.3 is 29.6 Å². The van der Waals surface area contributed by atoms with Crippen LogP contribution in [0.3, 0.4) is 0 Å². The average molecular weight is 329 g/mol. The Hall–Kier alpha value is 0.210. The van der Waals surface area contributed by atoms with Crippen LogP contribution >= 0.6 is 0 Å². The van der Waals surface area contributed by atoms with E-state index in [1.165, 1.54) is 108 Å². The van der Waals surface area contributed by atoms with Gasteiger partial charge in [-0.2, -0.15) is 5.10 Å². The van der Waals surface area contributed by atoms with Crippen molar-refractivity contribution in [2.75, 3.05) is 6.54 Å². The molecular weight excluding hydrogens is 291 g/mol. The summed E-state index contributed by atoms with van der Waals surface area (Å²) in [6.07, 6.45) is 24.2. The first kappa shape index (κ1) is 21.3. The summed E-state index contributed by atoms with van der Waals surface area (Å²) >= 11 is 0. The van der Waals surface area contributed by atoms with E-state index in [1.54, 1.807) is 5.57 Å². The van der Waals surface area contributed by atoms with Crippen LogP contribution in [0.2, 0.25) is 0 Å². The van der Waals surface area contributed by atoms with Gasteiger partial charge in [0.25, 0.3) is 0 Å². The second kappa shape index (κ2) is 14.5. The van der Waals surface area contributed by atoms with Crippen LogP contribution in [-0.2, 0) is 0 Å². The molecule has 0 unspecified atom stereocenters. The molecule has 0 fully saturated rings. The Morgan fingerprint density at radius 1 is 0.696 bits per heavy atom. The topological polar surface area (TPSA) is 24.4 Å². The van der Waals surface area contributed by atoms with E-state index < -0.39 is 0 Å². The van der Waals surface area contributed by atoms with Gasteiger partial charge in [0.05, 0.1) is 5.71 Å². The van der Waals surface area contributed by atoms with Crippen LogP contribution in [0.4, 0.5) is 0 Å². The van der Waals surface area contributed by atoms with Crippen molar-refractivity contribution >= 4 is 5.71 Å². The molecular formula is C20H37N2Na. The molecule has 0 saturated carbocycles. The summed E-state index contributed by atoms with van der Waals surface area (Å²) in [5.41, 5.74) is 6.29. The van der Waals surface area contributed by atoms with Gasteiger partial charge in [-0.15, -0.1) is 0 Å². The van der Waals surface area contributed by atoms with Crippen molar-refractivity contribution in [1.82, 2.24) is 5.43 Å². The van der Waals surface area contributed by atoms with Crippen molar-refractivity contribution in [1.29, 1.82) is 0 Å². The number of nitrogens with zero attached hydrogens (tertiary/aromatic N) is 1. The van der Waals surface area contributed by atoms with Gasteiger partial charge in [-0.1, -0.05) is 63.9 Å². The molecule has 128 valence electrons. The number of rotatable bonds is 1. The first-order chi connectivity index (χ1) is 11.0. The third kappa shape index (κ3) is 9.94. The summed E-state index contributed by atoms with van der Waals surface area (Å²) in [6.45, 7) is 1.05. The monoisotopic (exact) mass is 328 g/mol. The number of nitrogens with one attached hydrogen (secondary N) is 1. The molecule has 1 N–H and O–H groups in total. The molecule has 0 aromatic carbocycles. The van der Waals surface area contributed by atoms with Crippen LogP contribution in [0.5, 0.6) is 0 Å². The molecule has 3 heteroatoms. The van der Waals surface area contributed by atoms with Gasteiger partial charge in [0.1, 0.15) is 0 Å². The smallest absolute Gasteiger partial charge is 1.00 e. The van der Waals surface area contributed by atoms with Gasteiger partial charge in [0.2, 0.25) is 0 Å². The van der Waals surface area contributed by atoms with Crippen molar-refractivity contribution in [3.05, 3.63) is 11.6 Å². The van der Waals surface area contributed by atoms with Crippen LogP contribution in [-0.4, -0.2) is 12.3 Å². The SMILES string of the molecule is C1=C(C2=NNCCCCCCCC2)CCCCCCCCC1.[H-].[Na+]. The molecule has 0 aromatic rings. The maximum absolute atomic E-state index is 4.80. The maximum Gasteiger partial charge on any atom is 1.00 e. The molecule has 0 amide bonds. The van der Waals surface area contributed by atoms with Gasteiger partial charge < -0.3 is 6.85 Å². The molecule has 23 heavy (non-hydrogen) atoms. The van der Waals surface area contributed by atoms with E-state index in [0.29, 0.717) is 0 Å². The van der Waals surface area contributed by atoms with E-state index in [9.17, 15) is 0 Å². The predicted molar refractivity (Wildman–Crippen MR) is 98.5 cm³/mol. The molecule has 0 bridgehead atoms. The normalized spacial score (nSPS) is 23.0. The molecule has 0 saturated heterocycles. The molecule has 0 spiro atoms. The number of hydrogen-bond acceptors (Lipinski definition) is 2. The first-order valence-electron chi connectivity index (χ1n) is 9.95. The Labute approximate surface area is 167 Å². The second-order valence-corrected chi connectivity index (χ2v) is 7.08. The Kier molecular flexibility index (Phi) is 13.4. The van der Waals surface area contributed by atoms with Crippen LogP contribution < -0.4 is 35.0 Å². The van der Waals surface area contributed by atoms with Gasteiger partial charge in [-0.05, 0) is 50.5 Å². The van der Waals surface area contributed by atoms with Crippen LogP contribution in [0, 0.1) is 0 Å². The fourth-order valence-corrected chi connectivity index (χ4v) is 3.63. The molecule has 1 heterocycles. The first-order valence-corrected chi connectivity index (χ1v) is 9.95. The zero-order chi connectivity index (χ0) is 15.3. The minimum atomic E-state index is 0. The zero-order valence-electron chi connectivity index (χ0n) is 16.5. The van der Waals surface area contributed by atoms with Crippen molar-refractivity contribution in [3.8, 4) is 0 Å². The third-order valence-electron chi connectivity index (χ3n) is 5.08. The van der Waals surface area contributed by atoms with E-state index in [4.69, 9.17) is 5.10 Å². The number of hydrazone groups is 1. The Balaban J connectivity index is 0.00000264. The van der Waals surface area contributed by atoms with Gasteiger partial charge in [0, 0.05) is 6.54 Å². The van der Waals surface area contributed by atoms with Crippen LogP contribution in [0.15, 0.2) is 16.8 Å². The maximum atomic E-state index is 4.80. The second-order valence-electron chi connectivity index (χ2n) is 7.08. The molecule has 2 aliphatic rings. The standard InChI is InChI=1S/C20H36N2.Na.H/c1-2-4-8-12-16-19(15-11-7-3-1)20-17-13-9-5-6-10-14-18-21-22-20;;/h15,21H,1-14,16-18H2;;/q;+1;-1. The number of hydrogen-bond donors (Lipinski definition) is 1. The molecule has 1 aliphatic carbocycles. The quantitative estimate of drug-likeness (QED) is 0.734. The van der Waals surface area contributed by atoms with E-state index >= 15 is 0 Å². The molecule has 0 aromatic heterocycles. The molecule has 1 aliphatic heterocycles. The summed E-state index contributed by atoms with van der Waals surface area (Å²) in [5.74, 6) is 0. The van der Waals surface area contributed by atoms with E-state index in [2.05, 4.69) is 11.5 Å². The molecule has 2 nitrogen and oxygen atoms in total.